The number of phenolic OH excluding ortho intramolecular Hbond substituents is 1. The number of thiol groups is 1. The summed E-state index contributed by atoms with van der Waals surface area (Å²) in [4.78, 5) is 3.02. The summed E-state index contributed by atoms with van der Waals surface area (Å²) < 4.78 is 13.3. The van der Waals surface area contributed by atoms with Crippen LogP contribution in [0.25, 0.3) is 0 Å². The van der Waals surface area contributed by atoms with Gasteiger partial charge in [-0.25, -0.2) is 4.39 Å². The fourth-order valence-electron chi connectivity index (χ4n) is 2.27. The molecule has 0 radical (unpaired) electrons. The Labute approximate surface area is 126 Å². The van der Waals surface area contributed by atoms with Crippen LogP contribution >= 0.6 is 10.9 Å². The van der Waals surface area contributed by atoms with Crippen molar-refractivity contribution in [2.24, 2.45) is 0 Å². The van der Waals surface area contributed by atoms with Gasteiger partial charge in [0.1, 0.15) is 11.6 Å². The molecular weight excluding hydrogens is 283 g/mol. The number of phenols is 1. The first-order chi connectivity index (χ1) is 10.3. The van der Waals surface area contributed by atoms with Gasteiger partial charge in [-0.3, -0.25) is 0 Å². The molecule has 3 rings (SSSR count). The highest BCUT2D eigenvalue weighted by Gasteiger charge is 2.16. The minimum atomic E-state index is -0.896. The monoisotopic (exact) mass is 298 g/mol. The van der Waals surface area contributed by atoms with E-state index in [1.54, 1.807) is 6.07 Å². The maximum absolute atomic E-state index is 13.3. The van der Waals surface area contributed by atoms with Gasteiger partial charge < -0.3 is 5.11 Å². The van der Waals surface area contributed by atoms with E-state index in [9.17, 15) is 9.50 Å². The van der Waals surface area contributed by atoms with Gasteiger partial charge in [0.25, 0.3) is 0 Å². The molecule has 0 aliphatic heterocycles. The summed E-state index contributed by atoms with van der Waals surface area (Å²) in [6.45, 7) is 0. The molecule has 0 unspecified atom stereocenters. The van der Waals surface area contributed by atoms with Crippen LogP contribution in [-0.4, -0.2) is 5.11 Å². The van der Waals surface area contributed by atoms with Gasteiger partial charge in [-0.2, -0.15) is 10.9 Å². The molecular formula is C18H15FOS. The van der Waals surface area contributed by atoms with E-state index in [4.69, 9.17) is 0 Å². The lowest BCUT2D eigenvalue weighted by molar-refractivity contribution is 0.455. The summed E-state index contributed by atoms with van der Waals surface area (Å²) in [6, 6.07) is 24.3. The highest BCUT2D eigenvalue weighted by Crippen LogP contribution is 2.54. The standard InChI is InChI=1S/C18H15FOS/c19-14-11-12-18(17(20)13-14)21(15-7-3-1-4-8-15)16-9-5-2-6-10-16/h1-13,20-21H. The largest absolute Gasteiger partial charge is 0.507 e. The Morgan fingerprint density at radius 1 is 0.714 bits per heavy atom. The zero-order chi connectivity index (χ0) is 14.7. The number of rotatable bonds is 3. The molecule has 1 nitrogen and oxygen atoms in total. The molecule has 3 aromatic carbocycles. The molecule has 0 aliphatic carbocycles. The first-order valence-corrected chi connectivity index (χ1v) is 7.98. The Hall–Kier alpha value is -2.26. The van der Waals surface area contributed by atoms with E-state index in [0.29, 0.717) is 0 Å². The Bertz CT molecular complexity index is 689. The molecule has 0 atom stereocenters. The maximum atomic E-state index is 13.3. The summed E-state index contributed by atoms with van der Waals surface area (Å²) >= 11 is 0. The molecule has 0 saturated carbocycles. The van der Waals surface area contributed by atoms with E-state index in [1.165, 1.54) is 12.1 Å². The van der Waals surface area contributed by atoms with Gasteiger partial charge in [0.15, 0.2) is 0 Å². The summed E-state index contributed by atoms with van der Waals surface area (Å²) in [5.41, 5.74) is 0. The van der Waals surface area contributed by atoms with Crippen molar-refractivity contribution in [3.8, 4) is 5.75 Å². The molecule has 0 spiro atoms. The molecule has 1 N–H and O–H groups in total. The Morgan fingerprint density at radius 2 is 1.24 bits per heavy atom. The van der Waals surface area contributed by atoms with Gasteiger partial charge in [0.2, 0.25) is 0 Å². The maximum Gasteiger partial charge on any atom is 0.130 e. The predicted molar refractivity (Wildman–Crippen MR) is 84.7 cm³/mol. The van der Waals surface area contributed by atoms with E-state index in [2.05, 4.69) is 0 Å². The third kappa shape index (κ3) is 2.93. The van der Waals surface area contributed by atoms with E-state index in [-0.39, 0.29) is 5.75 Å². The molecule has 3 aromatic rings. The molecule has 0 fully saturated rings. The van der Waals surface area contributed by atoms with E-state index in [1.807, 2.05) is 60.7 Å². The fraction of sp³-hybridized carbons (Fsp3) is 0. The number of hydrogen-bond acceptors (Lipinski definition) is 1. The summed E-state index contributed by atoms with van der Waals surface area (Å²) in [5, 5.41) is 10.2. The molecule has 0 aliphatic rings. The minimum absolute atomic E-state index is 0.00816. The third-order valence-electron chi connectivity index (χ3n) is 3.21. The molecule has 0 amide bonds. The first-order valence-electron chi connectivity index (χ1n) is 6.64. The van der Waals surface area contributed by atoms with Crippen molar-refractivity contribution in [3.05, 3.63) is 84.7 Å². The Balaban J connectivity index is 2.17. The number of halogens is 1. The zero-order valence-electron chi connectivity index (χ0n) is 11.3. The van der Waals surface area contributed by atoms with Crippen LogP contribution in [0.15, 0.2) is 93.5 Å². The van der Waals surface area contributed by atoms with Crippen molar-refractivity contribution < 1.29 is 9.50 Å². The van der Waals surface area contributed by atoms with E-state index in [0.717, 1.165) is 14.7 Å². The summed E-state index contributed by atoms with van der Waals surface area (Å²) in [7, 11) is -0.896. The van der Waals surface area contributed by atoms with Gasteiger partial charge in [-0.1, -0.05) is 36.4 Å². The fourth-order valence-corrected chi connectivity index (χ4v) is 4.58. The lowest BCUT2D eigenvalue weighted by Crippen LogP contribution is -1.89. The number of aromatic hydroxyl groups is 1. The molecule has 0 aromatic heterocycles. The van der Waals surface area contributed by atoms with E-state index < -0.39 is 16.7 Å². The van der Waals surface area contributed by atoms with Crippen LogP contribution < -0.4 is 0 Å². The highest BCUT2D eigenvalue weighted by atomic mass is 32.2. The van der Waals surface area contributed by atoms with Gasteiger partial charge in [0.05, 0.1) is 0 Å². The second kappa shape index (κ2) is 6.02. The van der Waals surface area contributed by atoms with Gasteiger partial charge in [-0.15, -0.1) is 0 Å². The summed E-state index contributed by atoms with van der Waals surface area (Å²) in [6.07, 6.45) is 0. The third-order valence-corrected chi connectivity index (χ3v) is 5.70. The second-order valence-corrected chi connectivity index (χ2v) is 6.82. The second-order valence-electron chi connectivity index (χ2n) is 4.64. The summed E-state index contributed by atoms with van der Waals surface area (Å²) in [5.74, 6) is -0.416. The average Bonchev–Trinajstić information content (AvgIpc) is 2.52. The van der Waals surface area contributed by atoms with E-state index >= 15 is 0 Å². The Morgan fingerprint density at radius 3 is 1.71 bits per heavy atom. The Kier molecular flexibility index (Phi) is 3.93. The van der Waals surface area contributed by atoms with Crippen LogP contribution in [0.4, 0.5) is 4.39 Å². The van der Waals surface area contributed by atoms with Crippen LogP contribution in [-0.2, 0) is 0 Å². The SMILES string of the molecule is Oc1cc(F)ccc1[SH](c1ccccc1)c1ccccc1. The smallest absolute Gasteiger partial charge is 0.130 e. The van der Waals surface area contributed by atoms with Gasteiger partial charge >= 0.3 is 0 Å². The van der Waals surface area contributed by atoms with Crippen LogP contribution in [0, 0.1) is 5.82 Å². The highest BCUT2D eigenvalue weighted by molar-refractivity contribution is 8.17. The molecule has 0 heterocycles. The van der Waals surface area contributed by atoms with Crippen molar-refractivity contribution >= 4 is 10.9 Å². The van der Waals surface area contributed by atoms with Crippen LogP contribution in [0.2, 0.25) is 0 Å². The van der Waals surface area contributed by atoms with Gasteiger partial charge in [-0.05, 0) is 46.2 Å². The molecule has 106 valence electrons. The van der Waals surface area contributed by atoms with Crippen molar-refractivity contribution in [2.45, 2.75) is 14.7 Å². The molecule has 21 heavy (non-hydrogen) atoms. The van der Waals surface area contributed by atoms with Crippen LogP contribution in [0.5, 0.6) is 5.75 Å². The molecule has 0 saturated heterocycles. The zero-order valence-corrected chi connectivity index (χ0v) is 12.2. The normalized spacial score (nSPS) is 11.2. The average molecular weight is 298 g/mol. The van der Waals surface area contributed by atoms with Crippen molar-refractivity contribution in [3.63, 3.8) is 0 Å². The van der Waals surface area contributed by atoms with Crippen molar-refractivity contribution in [1.82, 2.24) is 0 Å². The van der Waals surface area contributed by atoms with Gasteiger partial charge in [0, 0.05) is 11.0 Å². The molecule has 0 bridgehead atoms. The molecule has 3 heteroatoms. The first kappa shape index (κ1) is 13.7. The predicted octanol–water partition coefficient (Wildman–Crippen LogP) is 5.01. The van der Waals surface area contributed by atoms with Crippen molar-refractivity contribution in [2.75, 3.05) is 0 Å². The number of hydrogen-bond donors (Lipinski definition) is 2. The lowest BCUT2D eigenvalue weighted by atomic mass is 10.3. The van der Waals surface area contributed by atoms with Crippen LogP contribution in [0.3, 0.4) is 0 Å². The minimum Gasteiger partial charge on any atom is -0.507 e. The lowest BCUT2D eigenvalue weighted by Gasteiger charge is -2.24. The van der Waals surface area contributed by atoms with Crippen molar-refractivity contribution in [1.29, 1.82) is 0 Å². The topological polar surface area (TPSA) is 20.2 Å². The quantitative estimate of drug-likeness (QED) is 0.651. The van der Waals surface area contributed by atoms with Crippen LogP contribution in [0.1, 0.15) is 0 Å². The number of benzene rings is 3.